The molecule has 0 aromatic carbocycles. The largest absolute Gasteiger partial charge is 0.324 e. The van der Waals surface area contributed by atoms with E-state index in [0.29, 0.717) is 0 Å². The number of hydrogen-bond donors (Lipinski definition) is 0. The second-order valence-electron chi connectivity index (χ2n) is 3.89. The van der Waals surface area contributed by atoms with Crippen LogP contribution in [0.5, 0.6) is 0 Å². The smallest absolute Gasteiger partial charge is 0.0786 e. The van der Waals surface area contributed by atoms with E-state index in [4.69, 9.17) is 0 Å². The van der Waals surface area contributed by atoms with Gasteiger partial charge in [-0.3, -0.25) is 0 Å². The molecule has 0 N–H and O–H groups in total. The van der Waals surface area contributed by atoms with Crippen molar-refractivity contribution in [3.8, 4) is 0 Å². The molecule has 1 aliphatic heterocycles. The zero-order chi connectivity index (χ0) is 8.16. The summed E-state index contributed by atoms with van der Waals surface area (Å²) in [6, 6.07) is 0. The number of likely N-dealkylation sites (tertiary alicyclic amines) is 1. The first kappa shape index (κ1) is 9.05. The van der Waals surface area contributed by atoms with Crippen LogP contribution in [0.15, 0.2) is 0 Å². The number of quaternary nitrogens is 1. The highest BCUT2D eigenvalue weighted by atomic mass is 15.3. The monoisotopic (exact) mass is 156 g/mol. The number of rotatable bonds is 3. The van der Waals surface area contributed by atoms with Gasteiger partial charge in [0.1, 0.15) is 0 Å². The van der Waals surface area contributed by atoms with Crippen molar-refractivity contribution in [3.63, 3.8) is 0 Å². The maximum absolute atomic E-state index is 2.35. The zero-order valence-electron chi connectivity index (χ0n) is 8.10. The summed E-state index contributed by atoms with van der Waals surface area (Å²) in [4.78, 5) is 0. The summed E-state index contributed by atoms with van der Waals surface area (Å²) in [5.41, 5.74) is 0. The lowest BCUT2D eigenvalue weighted by molar-refractivity contribution is -0.930. The summed E-state index contributed by atoms with van der Waals surface area (Å²) >= 11 is 0. The molecular formula is C10H22N+. The van der Waals surface area contributed by atoms with Gasteiger partial charge in [-0.1, -0.05) is 6.92 Å². The average Bonchev–Trinajstić information content (AvgIpc) is 2.07. The topological polar surface area (TPSA) is 0 Å². The number of hydrogen-bond acceptors (Lipinski definition) is 0. The second kappa shape index (κ2) is 4.10. The van der Waals surface area contributed by atoms with Gasteiger partial charge in [0.25, 0.3) is 0 Å². The molecule has 0 bridgehead atoms. The SMILES string of the molecule is CCC[N+]1(CC)CCCCC1. The van der Waals surface area contributed by atoms with Crippen molar-refractivity contribution in [3.05, 3.63) is 0 Å². The predicted octanol–water partition coefficient (Wildman–Crippen LogP) is 2.42. The van der Waals surface area contributed by atoms with Crippen LogP contribution in [0.1, 0.15) is 39.5 Å². The third-order valence-corrected chi connectivity index (χ3v) is 3.13. The lowest BCUT2D eigenvalue weighted by Gasteiger charge is -2.40. The van der Waals surface area contributed by atoms with Gasteiger partial charge >= 0.3 is 0 Å². The molecule has 1 saturated heterocycles. The van der Waals surface area contributed by atoms with Crippen molar-refractivity contribution in [2.75, 3.05) is 26.2 Å². The van der Waals surface area contributed by atoms with Crippen molar-refractivity contribution >= 4 is 0 Å². The van der Waals surface area contributed by atoms with Gasteiger partial charge in [-0.15, -0.1) is 0 Å². The van der Waals surface area contributed by atoms with Crippen LogP contribution in [0.25, 0.3) is 0 Å². The molecule has 0 aromatic heterocycles. The highest BCUT2D eigenvalue weighted by Crippen LogP contribution is 2.18. The molecule has 0 amide bonds. The van der Waals surface area contributed by atoms with Crippen molar-refractivity contribution in [2.24, 2.45) is 0 Å². The Morgan fingerprint density at radius 1 is 1.00 bits per heavy atom. The normalized spacial score (nSPS) is 23.5. The summed E-state index contributed by atoms with van der Waals surface area (Å²) in [5.74, 6) is 0. The summed E-state index contributed by atoms with van der Waals surface area (Å²) in [7, 11) is 0. The molecular weight excluding hydrogens is 134 g/mol. The van der Waals surface area contributed by atoms with E-state index in [1.807, 2.05) is 0 Å². The molecule has 0 radical (unpaired) electrons. The Morgan fingerprint density at radius 2 is 1.64 bits per heavy atom. The third-order valence-electron chi connectivity index (χ3n) is 3.13. The van der Waals surface area contributed by atoms with E-state index in [9.17, 15) is 0 Å². The summed E-state index contributed by atoms with van der Waals surface area (Å²) in [5, 5.41) is 0. The standard InChI is InChI=1S/C10H22N/c1-3-8-11(4-2)9-6-5-7-10-11/h3-10H2,1-2H3/q+1. The molecule has 1 aliphatic rings. The first-order chi connectivity index (χ1) is 5.33. The Bertz CT molecular complexity index is 97.9. The summed E-state index contributed by atoms with van der Waals surface area (Å²) in [6.07, 6.45) is 5.76. The van der Waals surface area contributed by atoms with Gasteiger partial charge < -0.3 is 4.48 Å². The molecule has 0 unspecified atom stereocenters. The summed E-state index contributed by atoms with van der Waals surface area (Å²) in [6.45, 7) is 10.3. The minimum Gasteiger partial charge on any atom is -0.324 e. The van der Waals surface area contributed by atoms with E-state index in [0.717, 1.165) is 0 Å². The molecule has 1 heteroatoms. The fourth-order valence-electron chi connectivity index (χ4n) is 2.36. The van der Waals surface area contributed by atoms with E-state index in [1.165, 1.54) is 56.3 Å². The average molecular weight is 156 g/mol. The van der Waals surface area contributed by atoms with Gasteiger partial charge in [0, 0.05) is 0 Å². The maximum Gasteiger partial charge on any atom is 0.0786 e. The maximum atomic E-state index is 2.35. The van der Waals surface area contributed by atoms with Crippen LogP contribution in [-0.4, -0.2) is 30.7 Å². The molecule has 1 rings (SSSR count). The molecule has 0 aliphatic carbocycles. The van der Waals surface area contributed by atoms with E-state index >= 15 is 0 Å². The van der Waals surface area contributed by atoms with E-state index in [1.54, 1.807) is 0 Å². The molecule has 0 atom stereocenters. The lowest BCUT2D eigenvalue weighted by atomic mass is 10.1. The van der Waals surface area contributed by atoms with Crippen LogP contribution < -0.4 is 0 Å². The molecule has 0 saturated carbocycles. The van der Waals surface area contributed by atoms with E-state index in [2.05, 4.69) is 13.8 Å². The number of nitrogens with zero attached hydrogens (tertiary/aromatic N) is 1. The second-order valence-corrected chi connectivity index (χ2v) is 3.89. The Hall–Kier alpha value is -0.0400. The van der Waals surface area contributed by atoms with Crippen molar-refractivity contribution in [2.45, 2.75) is 39.5 Å². The Balaban J connectivity index is 2.42. The van der Waals surface area contributed by atoms with Crippen LogP contribution >= 0.6 is 0 Å². The van der Waals surface area contributed by atoms with Gasteiger partial charge in [-0.25, -0.2) is 0 Å². The molecule has 1 fully saturated rings. The Kier molecular flexibility index (Phi) is 3.38. The van der Waals surface area contributed by atoms with Gasteiger partial charge in [0.2, 0.25) is 0 Å². The predicted molar refractivity (Wildman–Crippen MR) is 49.5 cm³/mol. The zero-order valence-corrected chi connectivity index (χ0v) is 8.10. The molecule has 0 aromatic rings. The molecule has 1 nitrogen and oxygen atoms in total. The van der Waals surface area contributed by atoms with E-state index < -0.39 is 0 Å². The first-order valence-electron chi connectivity index (χ1n) is 5.18. The quantitative estimate of drug-likeness (QED) is 0.550. The van der Waals surface area contributed by atoms with Crippen LogP contribution in [-0.2, 0) is 0 Å². The lowest BCUT2D eigenvalue weighted by Crippen LogP contribution is -2.51. The van der Waals surface area contributed by atoms with Crippen LogP contribution in [0.2, 0.25) is 0 Å². The van der Waals surface area contributed by atoms with E-state index in [-0.39, 0.29) is 0 Å². The fraction of sp³-hybridized carbons (Fsp3) is 1.00. The third kappa shape index (κ3) is 2.19. The molecule has 1 heterocycles. The Morgan fingerprint density at radius 3 is 2.09 bits per heavy atom. The molecule has 0 spiro atoms. The minimum atomic E-state index is 1.36. The Labute approximate surface area is 71.0 Å². The van der Waals surface area contributed by atoms with Gasteiger partial charge in [0.05, 0.1) is 26.2 Å². The highest BCUT2D eigenvalue weighted by molar-refractivity contribution is 4.52. The van der Waals surface area contributed by atoms with Crippen LogP contribution in [0.3, 0.4) is 0 Å². The van der Waals surface area contributed by atoms with Crippen molar-refractivity contribution < 1.29 is 4.48 Å². The minimum absolute atomic E-state index is 1.36. The number of piperidine rings is 1. The highest BCUT2D eigenvalue weighted by Gasteiger charge is 2.26. The van der Waals surface area contributed by atoms with Crippen LogP contribution in [0.4, 0.5) is 0 Å². The van der Waals surface area contributed by atoms with Gasteiger partial charge in [0.15, 0.2) is 0 Å². The van der Waals surface area contributed by atoms with Gasteiger partial charge in [-0.2, -0.15) is 0 Å². The van der Waals surface area contributed by atoms with Crippen LogP contribution in [0, 0.1) is 0 Å². The van der Waals surface area contributed by atoms with Gasteiger partial charge in [-0.05, 0) is 32.6 Å². The van der Waals surface area contributed by atoms with Crippen molar-refractivity contribution in [1.29, 1.82) is 0 Å². The molecule has 66 valence electrons. The fourth-order valence-corrected chi connectivity index (χ4v) is 2.36. The van der Waals surface area contributed by atoms with Crippen molar-refractivity contribution in [1.82, 2.24) is 0 Å². The first-order valence-corrected chi connectivity index (χ1v) is 5.18. The molecule has 11 heavy (non-hydrogen) atoms. The summed E-state index contributed by atoms with van der Waals surface area (Å²) < 4.78 is 1.41.